The van der Waals surface area contributed by atoms with Crippen LogP contribution in [-0.2, 0) is 0 Å². The van der Waals surface area contributed by atoms with Gasteiger partial charge in [0.1, 0.15) is 0 Å². The third kappa shape index (κ3) is 2.60. The first kappa shape index (κ1) is 14.3. The summed E-state index contributed by atoms with van der Waals surface area (Å²) in [6.07, 6.45) is 11.3. The first-order valence-electron chi connectivity index (χ1n) is 7.95. The zero-order valence-electron chi connectivity index (χ0n) is 12.8. The van der Waals surface area contributed by atoms with E-state index < -0.39 is 0 Å². The van der Waals surface area contributed by atoms with Crippen LogP contribution in [0.25, 0.3) is 0 Å². The van der Waals surface area contributed by atoms with E-state index in [1.165, 1.54) is 51.4 Å². The van der Waals surface area contributed by atoms with E-state index in [0.717, 1.165) is 11.8 Å². The molecular weight excluding hydrogens is 220 g/mol. The molecule has 0 aromatic heterocycles. The van der Waals surface area contributed by atoms with Crippen molar-refractivity contribution in [3.63, 3.8) is 0 Å². The van der Waals surface area contributed by atoms with Crippen molar-refractivity contribution in [1.82, 2.24) is 10.2 Å². The molecule has 0 spiro atoms. The van der Waals surface area contributed by atoms with E-state index in [9.17, 15) is 0 Å². The standard InChI is InChI=1S/C16H32N2/c1-13-7-9-14(10-8-13)15(17-2)16(18(3)4)11-5-6-12-16/h13-15,17H,5-12H2,1-4H3. The van der Waals surface area contributed by atoms with Crippen LogP contribution in [0, 0.1) is 11.8 Å². The molecule has 2 heteroatoms. The second-order valence-electron chi connectivity index (χ2n) is 6.99. The second-order valence-corrected chi connectivity index (χ2v) is 6.99. The van der Waals surface area contributed by atoms with Gasteiger partial charge in [0.25, 0.3) is 0 Å². The summed E-state index contributed by atoms with van der Waals surface area (Å²) in [4.78, 5) is 2.53. The van der Waals surface area contributed by atoms with Crippen molar-refractivity contribution in [3.8, 4) is 0 Å². The molecule has 0 radical (unpaired) electrons. The highest BCUT2D eigenvalue weighted by Gasteiger charge is 2.45. The highest BCUT2D eigenvalue weighted by atomic mass is 15.2. The normalized spacial score (nSPS) is 33.8. The van der Waals surface area contributed by atoms with Crippen LogP contribution in [0.1, 0.15) is 58.3 Å². The van der Waals surface area contributed by atoms with Crippen molar-refractivity contribution in [1.29, 1.82) is 0 Å². The van der Waals surface area contributed by atoms with Crippen molar-refractivity contribution < 1.29 is 0 Å². The Hall–Kier alpha value is -0.0800. The maximum Gasteiger partial charge on any atom is 0.0359 e. The van der Waals surface area contributed by atoms with Crippen LogP contribution in [0.2, 0.25) is 0 Å². The molecule has 0 aromatic carbocycles. The molecule has 0 bridgehead atoms. The smallest absolute Gasteiger partial charge is 0.0359 e. The largest absolute Gasteiger partial charge is 0.315 e. The first-order chi connectivity index (χ1) is 8.60. The van der Waals surface area contributed by atoms with Gasteiger partial charge in [0.15, 0.2) is 0 Å². The fourth-order valence-corrected chi connectivity index (χ4v) is 4.59. The number of hydrogen-bond donors (Lipinski definition) is 1. The van der Waals surface area contributed by atoms with Crippen LogP contribution in [0.4, 0.5) is 0 Å². The summed E-state index contributed by atoms with van der Waals surface area (Å²) in [5.41, 5.74) is 0.431. The minimum absolute atomic E-state index is 0.431. The molecule has 2 aliphatic rings. The zero-order chi connectivity index (χ0) is 13.2. The van der Waals surface area contributed by atoms with Gasteiger partial charge in [-0.05, 0) is 58.7 Å². The Morgan fingerprint density at radius 2 is 1.61 bits per heavy atom. The summed E-state index contributed by atoms with van der Waals surface area (Å²) >= 11 is 0. The van der Waals surface area contributed by atoms with E-state index >= 15 is 0 Å². The van der Waals surface area contributed by atoms with E-state index in [1.807, 2.05) is 0 Å². The molecule has 106 valence electrons. The summed E-state index contributed by atoms with van der Waals surface area (Å²) in [5.74, 6) is 1.85. The van der Waals surface area contributed by atoms with Gasteiger partial charge in [0.2, 0.25) is 0 Å². The van der Waals surface area contributed by atoms with Gasteiger partial charge in [-0.15, -0.1) is 0 Å². The van der Waals surface area contributed by atoms with Crippen LogP contribution < -0.4 is 5.32 Å². The average Bonchev–Trinajstić information content (AvgIpc) is 2.83. The molecule has 0 heterocycles. The molecule has 2 rings (SSSR count). The fraction of sp³-hybridized carbons (Fsp3) is 1.00. The molecule has 1 unspecified atom stereocenters. The van der Waals surface area contributed by atoms with Gasteiger partial charge in [-0.2, -0.15) is 0 Å². The number of likely N-dealkylation sites (N-methyl/N-ethyl adjacent to an activating group) is 2. The summed E-state index contributed by atoms with van der Waals surface area (Å²) in [5, 5.41) is 3.71. The second kappa shape index (κ2) is 5.92. The van der Waals surface area contributed by atoms with Gasteiger partial charge in [-0.3, -0.25) is 0 Å². The molecule has 2 saturated carbocycles. The topological polar surface area (TPSA) is 15.3 Å². The van der Waals surface area contributed by atoms with Crippen LogP contribution in [0.3, 0.4) is 0 Å². The molecule has 1 N–H and O–H groups in total. The fourth-order valence-electron chi connectivity index (χ4n) is 4.59. The molecule has 0 aromatic rings. The number of nitrogens with one attached hydrogen (secondary N) is 1. The predicted octanol–water partition coefficient (Wildman–Crippen LogP) is 3.28. The van der Waals surface area contributed by atoms with E-state index in [2.05, 4.69) is 38.3 Å². The SMILES string of the molecule is CNC(C1CCC(C)CC1)C1(N(C)C)CCCC1. The van der Waals surface area contributed by atoms with Gasteiger partial charge in [-0.25, -0.2) is 0 Å². The lowest BCUT2D eigenvalue weighted by Crippen LogP contribution is -2.60. The lowest BCUT2D eigenvalue weighted by Gasteiger charge is -2.48. The van der Waals surface area contributed by atoms with Gasteiger partial charge in [0, 0.05) is 11.6 Å². The number of nitrogens with zero attached hydrogens (tertiary/aromatic N) is 1. The first-order valence-corrected chi connectivity index (χ1v) is 7.95. The van der Waals surface area contributed by atoms with Crippen molar-refractivity contribution in [3.05, 3.63) is 0 Å². The van der Waals surface area contributed by atoms with Crippen LogP contribution >= 0.6 is 0 Å². The van der Waals surface area contributed by atoms with Gasteiger partial charge in [0.05, 0.1) is 0 Å². The van der Waals surface area contributed by atoms with Gasteiger partial charge < -0.3 is 10.2 Å². The average molecular weight is 252 g/mol. The quantitative estimate of drug-likeness (QED) is 0.826. The Morgan fingerprint density at radius 1 is 1.06 bits per heavy atom. The Bertz CT molecular complexity index is 248. The van der Waals surface area contributed by atoms with Crippen molar-refractivity contribution >= 4 is 0 Å². The van der Waals surface area contributed by atoms with Crippen LogP contribution in [0.5, 0.6) is 0 Å². The van der Waals surface area contributed by atoms with Gasteiger partial charge >= 0.3 is 0 Å². The molecule has 0 aliphatic heterocycles. The Labute approximate surface area is 114 Å². The lowest BCUT2D eigenvalue weighted by molar-refractivity contribution is 0.0604. The van der Waals surface area contributed by atoms with Gasteiger partial charge in [-0.1, -0.05) is 32.6 Å². The number of rotatable bonds is 4. The van der Waals surface area contributed by atoms with E-state index in [4.69, 9.17) is 0 Å². The Morgan fingerprint density at radius 3 is 2.06 bits per heavy atom. The maximum absolute atomic E-state index is 3.71. The molecule has 2 fully saturated rings. The molecule has 1 atom stereocenters. The van der Waals surface area contributed by atoms with E-state index in [-0.39, 0.29) is 0 Å². The summed E-state index contributed by atoms with van der Waals surface area (Å²) in [6, 6.07) is 0.697. The Balaban J connectivity index is 2.11. The predicted molar refractivity (Wildman–Crippen MR) is 78.9 cm³/mol. The van der Waals surface area contributed by atoms with Crippen molar-refractivity contribution in [2.75, 3.05) is 21.1 Å². The monoisotopic (exact) mass is 252 g/mol. The van der Waals surface area contributed by atoms with Crippen LogP contribution in [0.15, 0.2) is 0 Å². The van der Waals surface area contributed by atoms with E-state index in [1.54, 1.807) is 0 Å². The maximum atomic E-state index is 3.71. The number of hydrogen-bond acceptors (Lipinski definition) is 2. The Kier molecular flexibility index (Phi) is 4.71. The molecule has 0 saturated heterocycles. The molecular formula is C16H32N2. The zero-order valence-corrected chi connectivity index (χ0v) is 12.8. The third-order valence-corrected chi connectivity index (χ3v) is 5.78. The molecule has 2 aliphatic carbocycles. The minimum atomic E-state index is 0.431. The lowest BCUT2D eigenvalue weighted by atomic mass is 9.71. The summed E-state index contributed by atoms with van der Waals surface area (Å²) < 4.78 is 0. The molecule has 2 nitrogen and oxygen atoms in total. The van der Waals surface area contributed by atoms with Crippen LogP contribution in [-0.4, -0.2) is 37.6 Å². The van der Waals surface area contributed by atoms with Crippen molar-refractivity contribution in [2.24, 2.45) is 11.8 Å². The summed E-state index contributed by atoms with van der Waals surface area (Å²) in [7, 11) is 6.77. The third-order valence-electron chi connectivity index (χ3n) is 5.78. The highest BCUT2D eigenvalue weighted by Crippen LogP contribution is 2.43. The summed E-state index contributed by atoms with van der Waals surface area (Å²) in [6.45, 7) is 2.42. The molecule has 0 amide bonds. The molecule has 18 heavy (non-hydrogen) atoms. The highest BCUT2D eigenvalue weighted by molar-refractivity contribution is 5.04. The minimum Gasteiger partial charge on any atom is -0.315 e. The van der Waals surface area contributed by atoms with Crippen molar-refractivity contribution in [2.45, 2.75) is 69.9 Å². The van der Waals surface area contributed by atoms with E-state index in [0.29, 0.717) is 11.6 Å².